The number of carbonyl (C=O) groups is 1. The third-order valence-electron chi connectivity index (χ3n) is 1.30. The van der Waals surface area contributed by atoms with Crippen molar-refractivity contribution < 1.29 is 27.2 Å². The van der Waals surface area contributed by atoms with Gasteiger partial charge in [0.2, 0.25) is 0 Å². The molecule has 74 valence electrons. The average molecular weight is 237 g/mol. The summed E-state index contributed by atoms with van der Waals surface area (Å²) in [4.78, 5) is 11.2. The molecule has 0 radical (unpaired) electrons. The van der Waals surface area contributed by atoms with E-state index < -0.39 is 5.97 Å². The molecule has 0 bridgehead atoms. The van der Waals surface area contributed by atoms with Crippen molar-refractivity contribution in [2.24, 2.45) is 0 Å². The van der Waals surface area contributed by atoms with Crippen LogP contribution in [0.15, 0.2) is 0 Å². The van der Waals surface area contributed by atoms with E-state index in [9.17, 15) is 4.79 Å². The molecule has 0 aromatic carbocycles. The van der Waals surface area contributed by atoms with Gasteiger partial charge in [-0.2, -0.15) is 0 Å². The molecule has 0 atom stereocenters. The van der Waals surface area contributed by atoms with Crippen LogP contribution in [0.25, 0.3) is 0 Å². The SMILES string of the molecule is O=C(O)C[NH+](CCCl)CCCl.[Cl-]. The van der Waals surface area contributed by atoms with Crippen molar-refractivity contribution in [3.05, 3.63) is 0 Å². The van der Waals surface area contributed by atoms with Gasteiger partial charge >= 0.3 is 5.97 Å². The molecule has 0 rings (SSSR count). The third-order valence-corrected chi connectivity index (χ3v) is 1.68. The molecule has 0 unspecified atom stereocenters. The number of hydrogen-bond acceptors (Lipinski definition) is 1. The van der Waals surface area contributed by atoms with Crippen molar-refractivity contribution in [2.45, 2.75) is 0 Å². The average Bonchev–Trinajstić information content (AvgIpc) is 1.87. The lowest BCUT2D eigenvalue weighted by molar-refractivity contribution is -0.887. The summed E-state index contributed by atoms with van der Waals surface area (Å²) in [6, 6.07) is 0. The van der Waals surface area contributed by atoms with Crippen molar-refractivity contribution in [3.63, 3.8) is 0 Å². The fourth-order valence-electron chi connectivity index (χ4n) is 0.783. The highest BCUT2D eigenvalue weighted by atomic mass is 35.5. The maximum atomic E-state index is 10.3. The zero-order valence-corrected chi connectivity index (χ0v) is 8.79. The largest absolute Gasteiger partial charge is 1.00 e. The molecule has 0 fully saturated rings. The Morgan fingerprint density at radius 3 is 1.92 bits per heavy atom. The molecular weight excluding hydrogens is 224 g/mol. The first kappa shape index (κ1) is 14.8. The number of aliphatic carboxylic acids is 1. The number of rotatable bonds is 6. The van der Waals surface area contributed by atoms with Gasteiger partial charge in [-0.1, -0.05) is 0 Å². The summed E-state index contributed by atoms with van der Waals surface area (Å²) in [7, 11) is 0. The molecule has 0 saturated heterocycles. The fraction of sp³-hybridized carbons (Fsp3) is 0.833. The van der Waals surface area contributed by atoms with E-state index in [1.807, 2.05) is 0 Å². The molecule has 0 heterocycles. The predicted molar refractivity (Wildman–Crippen MR) is 44.6 cm³/mol. The standard InChI is InChI=1S/C6H11Cl2NO2.ClH/c7-1-3-9(4-2-8)5-6(10)11;/h1-5H2,(H,10,11);1H. The Labute approximate surface area is 88.0 Å². The van der Waals surface area contributed by atoms with E-state index in [1.54, 1.807) is 0 Å². The normalized spacial score (nSPS) is 9.58. The van der Waals surface area contributed by atoms with E-state index in [4.69, 9.17) is 28.3 Å². The number of carboxylic acids is 1. The minimum Gasteiger partial charge on any atom is -1.00 e. The number of nitrogens with one attached hydrogen (secondary N) is 1. The van der Waals surface area contributed by atoms with Crippen molar-refractivity contribution in [3.8, 4) is 0 Å². The van der Waals surface area contributed by atoms with Crippen molar-refractivity contribution >= 4 is 29.2 Å². The molecule has 0 amide bonds. The fourth-order valence-corrected chi connectivity index (χ4v) is 1.32. The highest BCUT2D eigenvalue weighted by Gasteiger charge is 2.10. The first-order valence-corrected chi connectivity index (χ1v) is 4.45. The van der Waals surface area contributed by atoms with E-state index in [2.05, 4.69) is 0 Å². The second kappa shape index (κ2) is 9.39. The minimum absolute atomic E-state index is 0. The van der Waals surface area contributed by atoms with Crippen LogP contribution < -0.4 is 17.3 Å². The van der Waals surface area contributed by atoms with Crippen LogP contribution in [-0.2, 0) is 4.79 Å². The maximum absolute atomic E-state index is 10.3. The Morgan fingerprint density at radius 1 is 1.25 bits per heavy atom. The summed E-state index contributed by atoms with van der Waals surface area (Å²) in [6.07, 6.45) is 0. The molecule has 0 spiro atoms. The van der Waals surface area contributed by atoms with Gasteiger partial charge in [0.05, 0.1) is 24.8 Å². The number of quaternary nitrogens is 1. The zero-order valence-electron chi connectivity index (χ0n) is 6.52. The molecule has 0 aliphatic heterocycles. The van der Waals surface area contributed by atoms with Crippen LogP contribution in [0.3, 0.4) is 0 Å². The molecule has 6 heteroatoms. The number of hydrogen-bond donors (Lipinski definition) is 2. The van der Waals surface area contributed by atoms with Crippen molar-refractivity contribution in [1.82, 2.24) is 0 Å². The summed E-state index contributed by atoms with van der Waals surface area (Å²) in [5, 5.41) is 8.43. The summed E-state index contributed by atoms with van der Waals surface area (Å²) in [5.41, 5.74) is 0. The maximum Gasteiger partial charge on any atom is 0.359 e. The van der Waals surface area contributed by atoms with Gasteiger partial charge in [0, 0.05) is 0 Å². The lowest BCUT2D eigenvalue weighted by Crippen LogP contribution is -3.13. The highest BCUT2D eigenvalue weighted by molar-refractivity contribution is 6.18. The molecular formula is C6H12Cl3NO2. The van der Waals surface area contributed by atoms with Gasteiger partial charge in [-0.15, -0.1) is 23.2 Å². The van der Waals surface area contributed by atoms with Gasteiger partial charge in [0.25, 0.3) is 0 Å². The van der Waals surface area contributed by atoms with Crippen LogP contribution in [0.5, 0.6) is 0 Å². The van der Waals surface area contributed by atoms with Crippen LogP contribution >= 0.6 is 23.2 Å². The third kappa shape index (κ3) is 8.40. The van der Waals surface area contributed by atoms with Crippen molar-refractivity contribution in [2.75, 3.05) is 31.4 Å². The van der Waals surface area contributed by atoms with Crippen LogP contribution in [0, 0.1) is 0 Å². The number of halogens is 3. The van der Waals surface area contributed by atoms with E-state index in [0.717, 1.165) is 4.90 Å². The molecule has 3 nitrogen and oxygen atoms in total. The van der Waals surface area contributed by atoms with Crippen LogP contribution in [-0.4, -0.2) is 42.5 Å². The predicted octanol–water partition coefficient (Wildman–Crippen LogP) is -3.56. The lowest BCUT2D eigenvalue weighted by Gasteiger charge is -2.13. The summed E-state index contributed by atoms with van der Waals surface area (Å²) in [6.45, 7) is 1.40. The topological polar surface area (TPSA) is 41.7 Å². The molecule has 0 aromatic heterocycles. The highest BCUT2D eigenvalue weighted by Crippen LogP contribution is 1.69. The second-order valence-electron chi connectivity index (χ2n) is 2.20. The molecule has 12 heavy (non-hydrogen) atoms. The van der Waals surface area contributed by atoms with E-state index in [1.165, 1.54) is 0 Å². The van der Waals surface area contributed by atoms with E-state index in [-0.39, 0.29) is 19.0 Å². The zero-order chi connectivity index (χ0) is 8.69. The first-order valence-electron chi connectivity index (χ1n) is 3.38. The lowest BCUT2D eigenvalue weighted by atomic mass is 10.5. The van der Waals surface area contributed by atoms with Crippen LogP contribution in [0.1, 0.15) is 0 Å². The van der Waals surface area contributed by atoms with Crippen molar-refractivity contribution in [1.29, 1.82) is 0 Å². The Morgan fingerprint density at radius 2 is 1.67 bits per heavy atom. The Bertz CT molecular complexity index is 117. The first-order chi connectivity index (χ1) is 5.20. The van der Waals surface area contributed by atoms with E-state index >= 15 is 0 Å². The monoisotopic (exact) mass is 235 g/mol. The summed E-state index contributed by atoms with van der Waals surface area (Å²) >= 11 is 10.9. The molecule has 0 aliphatic carbocycles. The number of carboxylic acid groups (broad SMARTS) is 1. The van der Waals surface area contributed by atoms with Gasteiger partial charge in [-0.25, -0.2) is 4.79 Å². The van der Waals surface area contributed by atoms with Gasteiger partial charge in [-0.05, 0) is 0 Å². The van der Waals surface area contributed by atoms with E-state index in [0.29, 0.717) is 24.8 Å². The smallest absolute Gasteiger partial charge is 0.359 e. The molecule has 2 N–H and O–H groups in total. The minimum atomic E-state index is -0.810. The summed E-state index contributed by atoms with van der Waals surface area (Å²) in [5.74, 6) is 0.133. The summed E-state index contributed by atoms with van der Waals surface area (Å²) < 4.78 is 0. The second-order valence-corrected chi connectivity index (χ2v) is 2.95. The number of alkyl halides is 2. The van der Waals surface area contributed by atoms with Gasteiger partial charge in [0.15, 0.2) is 6.54 Å². The van der Waals surface area contributed by atoms with Gasteiger partial charge in [0.1, 0.15) is 0 Å². The van der Waals surface area contributed by atoms with Crippen LogP contribution in [0.2, 0.25) is 0 Å². The molecule has 0 saturated carbocycles. The van der Waals surface area contributed by atoms with Crippen LogP contribution in [0.4, 0.5) is 0 Å². The van der Waals surface area contributed by atoms with Gasteiger partial charge < -0.3 is 22.4 Å². The Hall–Kier alpha value is 0.300. The Balaban J connectivity index is 0. The quantitative estimate of drug-likeness (QED) is 0.469. The Kier molecular flexibility index (Phi) is 11.6. The molecule has 0 aromatic rings. The molecule has 0 aliphatic rings. The van der Waals surface area contributed by atoms with Gasteiger partial charge in [-0.3, -0.25) is 0 Å².